The monoisotopic (exact) mass is 293 g/mol. The Kier molecular flexibility index (Phi) is 5.41. The molecule has 1 aliphatic rings. The Hall–Kier alpha value is -1.79. The number of β-amino-alcohol motifs (C(OH)–C–C–N with tert-alkyl or cyclic N) is 1. The van der Waals surface area contributed by atoms with Crippen molar-refractivity contribution in [1.29, 1.82) is 0 Å². The van der Waals surface area contributed by atoms with E-state index in [0.29, 0.717) is 19.6 Å². The van der Waals surface area contributed by atoms with Gasteiger partial charge in [0.2, 0.25) is 0 Å². The summed E-state index contributed by atoms with van der Waals surface area (Å²) in [7, 11) is 0. The third-order valence-corrected chi connectivity index (χ3v) is 3.81. The molecule has 0 aromatic heterocycles. The number of nitrogens with one attached hydrogen (secondary N) is 1. The first-order valence-corrected chi connectivity index (χ1v) is 7.27. The van der Waals surface area contributed by atoms with Crippen molar-refractivity contribution in [2.75, 3.05) is 39.3 Å². The average molecular weight is 293 g/mol. The molecule has 21 heavy (non-hydrogen) atoms. The van der Waals surface area contributed by atoms with Gasteiger partial charge in [-0.25, -0.2) is 4.79 Å². The van der Waals surface area contributed by atoms with Crippen LogP contribution in [0.15, 0.2) is 24.3 Å². The zero-order valence-corrected chi connectivity index (χ0v) is 12.3. The summed E-state index contributed by atoms with van der Waals surface area (Å²) in [5.41, 5.74) is 0.958. The molecule has 1 saturated heterocycles. The molecule has 116 valence electrons. The summed E-state index contributed by atoms with van der Waals surface area (Å²) < 4.78 is 0. The molecule has 2 amide bonds. The number of rotatable bonds is 4. The van der Waals surface area contributed by atoms with Crippen molar-refractivity contribution in [1.82, 2.24) is 15.1 Å². The van der Waals surface area contributed by atoms with Gasteiger partial charge in [-0.2, -0.15) is 0 Å². The molecule has 6 nitrogen and oxygen atoms in total. The predicted molar refractivity (Wildman–Crippen MR) is 80.2 cm³/mol. The van der Waals surface area contributed by atoms with E-state index in [2.05, 4.69) is 10.2 Å². The second-order valence-corrected chi connectivity index (χ2v) is 5.32. The molecule has 1 heterocycles. The van der Waals surface area contributed by atoms with E-state index in [9.17, 15) is 9.90 Å². The summed E-state index contributed by atoms with van der Waals surface area (Å²) in [6.07, 6.45) is 0. The quantitative estimate of drug-likeness (QED) is 0.766. The smallest absolute Gasteiger partial charge is 0.317 e. The van der Waals surface area contributed by atoms with Gasteiger partial charge in [-0.3, -0.25) is 4.90 Å². The molecule has 0 spiro atoms. The van der Waals surface area contributed by atoms with E-state index in [0.717, 1.165) is 18.7 Å². The number of aromatic hydroxyl groups is 1. The molecule has 1 aliphatic heterocycles. The van der Waals surface area contributed by atoms with Crippen molar-refractivity contribution in [3.8, 4) is 5.75 Å². The Morgan fingerprint density at radius 3 is 2.43 bits per heavy atom. The van der Waals surface area contributed by atoms with Crippen molar-refractivity contribution in [3.05, 3.63) is 29.8 Å². The second-order valence-electron chi connectivity index (χ2n) is 5.32. The topological polar surface area (TPSA) is 76.0 Å². The number of hydrogen-bond donors (Lipinski definition) is 3. The molecular weight excluding hydrogens is 270 g/mol. The highest BCUT2D eigenvalue weighted by Crippen LogP contribution is 2.16. The van der Waals surface area contributed by atoms with Gasteiger partial charge in [-0.1, -0.05) is 12.1 Å². The van der Waals surface area contributed by atoms with E-state index < -0.39 is 0 Å². The van der Waals surface area contributed by atoms with Crippen LogP contribution in [-0.2, 0) is 0 Å². The van der Waals surface area contributed by atoms with E-state index in [4.69, 9.17) is 5.11 Å². The maximum absolute atomic E-state index is 12.2. The fourth-order valence-electron chi connectivity index (χ4n) is 2.44. The van der Waals surface area contributed by atoms with E-state index >= 15 is 0 Å². The van der Waals surface area contributed by atoms with Gasteiger partial charge in [0.05, 0.1) is 12.6 Å². The third kappa shape index (κ3) is 4.34. The van der Waals surface area contributed by atoms with Crippen molar-refractivity contribution < 1.29 is 15.0 Å². The Bertz CT molecular complexity index is 456. The van der Waals surface area contributed by atoms with Crippen LogP contribution in [0.1, 0.15) is 18.5 Å². The summed E-state index contributed by atoms with van der Waals surface area (Å²) in [6.45, 7) is 5.68. The summed E-state index contributed by atoms with van der Waals surface area (Å²) in [5, 5.41) is 21.2. The summed E-state index contributed by atoms with van der Waals surface area (Å²) in [5.74, 6) is 0.220. The first-order chi connectivity index (χ1) is 10.1. The Morgan fingerprint density at radius 2 is 1.86 bits per heavy atom. The fraction of sp³-hybridized carbons (Fsp3) is 0.533. The number of carbonyl (C=O) groups is 1. The molecule has 0 radical (unpaired) electrons. The second kappa shape index (κ2) is 7.28. The van der Waals surface area contributed by atoms with Gasteiger partial charge in [0.15, 0.2) is 0 Å². The largest absolute Gasteiger partial charge is 0.508 e. The number of piperazine rings is 1. The lowest BCUT2D eigenvalue weighted by Crippen LogP contribution is -2.52. The predicted octanol–water partition coefficient (Wildman–Crippen LogP) is 0.773. The maximum atomic E-state index is 12.2. The van der Waals surface area contributed by atoms with Crippen LogP contribution < -0.4 is 5.32 Å². The molecule has 1 aromatic carbocycles. The zero-order chi connectivity index (χ0) is 15.2. The number of phenolic OH excluding ortho intramolecular Hbond substituents is 1. The molecule has 2 rings (SSSR count). The Labute approximate surface area is 125 Å². The van der Waals surface area contributed by atoms with Crippen LogP contribution in [0.3, 0.4) is 0 Å². The molecule has 6 heteroatoms. The van der Waals surface area contributed by atoms with Crippen molar-refractivity contribution in [2.24, 2.45) is 0 Å². The average Bonchev–Trinajstić information content (AvgIpc) is 2.49. The number of hydrogen-bond acceptors (Lipinski definition) is 4. The maximum Gasteiger partial charge on any atom is 0.317 e. The van der Waals surface area contributed by atoms with Crippen LogP contribution in [0.5, 0.6) is 5.75 Å². The number of benzene rings is 1. The minimum absolute atomic E-state index is 0.0702. The molecule has 1 aromatic rings. The zero-order valence-electron chi connectivity index (χ0n) is 12.3. The van der Waals surface area contributed by atoms with Gasteiger partial charge in [0.25, 0.3) is 0 Å². The lowest BCUT2D eigenvalue weighted by molar-refractivity contribution is 0.121. The molecule has 1 fully saturated rings. The summed E-state index contributed by atoms with van der Waals surface area (Å²) in [4.78, 5) is 16.2. The molecular formula is C15H23N3O3. The van der Waals surface area contributed by atoms with Crippen LogP contribution >= 0.6 is 0 Å². The first kappa shape index (κ1) is 15.6. The van der Waals surface area contributed by atoms with E-state index in [1.54, 1.807) is 29.2 Å². The van der Waals surface area contributed by atoms with E-state index in [-0.39, 0.29) is 24.4 Å². The number of nitrogens with zero attached hydrogens (tertiary/aromatic N) is 2. The SMILES string of the molecule is C[C@H](NC(=O)N1CCN(CCO)CC1)c1ccc(O)cc1. The van der Waals surface area contributed by atoms with E-state index in [1.807, 2.05) is 6.92 Å². The highest BCUT2D eigenvalue weighted by atomic mass is 16.3. The minimum atomic E-state index is -0.103. The number of amides is 2. The molecule has 0 bridgehead atoms. The Morgan fingerprint density at radius 1 is 1.24 bits per heavy atom. The highest BCUT2D eigenvalue weighted by molar-refractivity contribution is 5.74. The lowest BCUT2D eigenvalue weighted by Gasteiger charge is -2.35. The fourth-order valence-corrected chi connectivity index (χ4v) is 2.44. The highest BCUT2D eigenvalue weighted by Gasteiger charge is 2.21. The number of aliphatic hydroxyl groups excluding tert-OH is 1. The van der Waals surface area contributed by atoms with Gasteiger partial charge in [0.1, 0.15) is 5.75 Å². The van der Waals surface area contributed by atoms with Gasteiger partial charge >= 0.3 is 6.03 Å². The van der Waals surface area contributed by atoms with Gasteiger partial charge in [-0.15, -0.1) is 0 Å². The van der Waals surface area contributed by atoms with Crippen LogP contribution in [0.25, 0.3) is 0 Å². The van der Waals surface area contributed by atoms with Gasteiger partial charge in [-0.05, 0) is 24.6 Å². The summed E-state index contributed by atoms with van der Waals surface area (Å²) in [6, 6.07) is 6.67. The Balaban J connectivity index is 1.83. The van der Waals surface area contributed by atoms with Crippen LogP contribution in [-0.4, -0.2) is 65.4 Å². The van der Waals surface area contributed by atoms with E-state index in [1.165, 1.54) is 0 Å². The van der Waals surface area contributed by atoms with Crippen molar-refractivity contribution in [3.63, 3.8) is 0 Å². The number of phenols is 1. The normalized spacial score (nSPS) is 17.5. The number of carbonyl (C=O) groups excluding carboxylic acids is 1. The van der Waals surface area contributed by atoms with Crippen molar-refractivity contribution in [2.45, 2.75) is 13.0 Å². The van der Waals surface area contributed by atoms with Crippen LogP contribution in [0.2, 0.25) is 0 Å². The number of urea groups is 1. The summed E-state index contributed by atoms with van der Waals surface area (Å²) >= 11 is 0. The third-order valence-electron chi connectivity index (χ3n) is 3.81. The van der Waals surface area contributed by atoms with Crippen LogP contribution in [0.4, 0.5) is 4.79 Å². The standard InChI is InChI=1S/C15H23N3O3/c1-12(13-2-4-14(20)5-3-13)16-15(21)18-8-6-17(7-9-18)10-11-19/h2-5,12,19-20H,6-11H2,1H3,(H,16,21)/t12-/m0/s1. The molecule has 0 saturated carbocycles. The van der Waals surface area contributed by atoms with Crippen molar-refractivity contribution >= 4 is 6.03 Å². The lowest BCUT2D eigenvalue weighted by atomic mass is 10.1. The van der Waals surface area contributed by atoms with Gasteiger partial charge < -0.3 is 20.4 Å². The molecule has 1 atom stereocenters. The van der Waals surface area contributed by atoms with Gasteiger partial charge in [0, 0.05) is 32.7 Å². The van der Waals surface area contributed by atoms with Crippen LogP contribution in [0, 0.1) is 0 Å². The first-order valence-electron chi connectivity index (χ1n) is 7.27. The molecule has 0 unspecified atom stereocenters. The molecule has 0 aliphatic carbocycles. The molecule has 3 N–H and O–H groups in total. The minimum Gasteiger partial charge on any atom is -0.508 e. The number of aliphatic hydroxyl groups is 1.